The quantitative estimate of drug-likeness (QED) is 0.174. The zero-order valence-corrected chi connectivity index (χ0v) is 27.9. The minimum atomic E-state index is -0.338. The number of phenols is 4. The van der Waals surface area contributed by atoms with Crippen molar-refractivity contribution in [3.05, 3.63) is 70.3 Å². The Morgan fingerprint density at radius 1 is 0.568 bits per heavy atom. The van der Waals surface area contributed by atoms with Crippen LogP contribution in [0.2, 0.25) is 0 Å². The van der Waals surface area contributed by atoms with Crippen molar-refractivity contribution in [2.24, 2.45) is 9.98 Å². The highest BCUT2D eigenvalue weighted by Crippen LogP contribution is 2.40. The van der Waals surface area contributed by atoms with Gasteiger partial charge in [0.15, 0.2) is 11.5 Å². The zero-order chi connectivity index (χ0) is 32.6. The minimum Gasteiger partial charge on any atom is -0.507 e. The van der Waals surface area contributed by atoms with Crippen molar-refractivity contribution >= 4 is 12.4 Å². The lowest BCUT2D eigenvalue weighted by molar-refractivity contribution is 0.390. The zero-order valence-electron chi connectivity index (χ0n) is 27.9. The van der Waals surface area contributed by atoms with Crippen LogP contribution in [0.3, 0.4) is 0 Å². The van der Waals surface area contributed by atoms with Crippen LogP contribution in [0.15, 0.2) is 52.4 Å². The van der Waals surface area contributed by atoms with E-state index in [1.807, 2.05) is 45.2 Å². The van der Waals surface area contributed by atoms with Crippen molar-refractivity contribution in [3.8, 4) is 34.1 Å². The Hall–Kier alpha value is -3.80. The molecule has 0 heterocycles. The summed E-state index contributed by atoms with van der Waals surface area (Å²) < 4.78 is 0. The average molecular weight is 599 g/mol. The maximum Gasteiger partial charge on any atom is 0.158 e. The van der Waals surface area contributed by atoms with E-state index in [2.05, 4.69) is 47.6 Å². The van der Waals surface area contributed by atoms with Gasteiger partial charge in [0, 0.05) is 34.7 Å². The van der Waals surface area contributed by atoms with Gasteiger partial charge in [-0.15, -0.1) is 0 Å². The summed E-state index contributed by atoms with van der Waals surface area (Å²) >= 11 is 0. The highest BCUT2D eigenvalue weighted by atomic mass is 16.3. The predicted octanol–water partition coefficient (Wildman–Crippen LogP) is 8.92. The highest BCUT2D eigenvalue weighted by Gasteiger charge is 2.27. The van der Waals surface area contributed by atoms with Crippen LogP contribution < -0.4 is 0 Å². The molecule has 44 heavy (non-hydrogen) atoms. The van der Waals surface area contributed by atoms with Gasteiger partial charge in [0.1, 0.15) is 11.5 Å². The third-order valence-electron chi connectivity index (χ3n) is 8.57. The van der Waals surface area contributed by atoms with Crippen LogP contribution in [0.5, 0.6) is 23.0 Å². The van der Waals surface area contributed by atoms with Crippen LogP contribution in [0.1, 0.15) is 116 Å². The molecule has 1 aliphatic carbocycles. The molecular formula is C38H50N2O4. The van der Waals surface area contributed by atoms with Crippen LogP contribution in [-0.2, 0) is 16.2 Å². The van der Waals surface area contributed by atoms with E-state index in [9.17, 15) is 20.4 Å². The SMILES string of the molecule is CC(C)(C)c1cc(C=N[C@@H]2CCCC[C@H]2N=Cc2cc(-c3ccc(O)c(O)c3)cc(C(C)(C)C)c2O)c(O)c(C(C)(C)C)c1. The van der Waals surface area contributed by atoms with Crippen LogP contribution >= 0.6 is 0 Å². The lowest BCUT2D eigenvalue weighted by atomic mass is 9.79. The molecule has 0 aliphatic heterocycles. The molecule has 6 heteroatoms. The van der Waals surface area contributed by atoms with Gasteiger partial charge >= 0.3 is 0 Å². The van der Waals surface area contributed by atoms with E-state index in [1.54, 1.807) is 12.3 Å². The molecule has 4 rings (SSSR count). The molecule has 0 radical (unpaired) electrons. The number of benzene rings is 3. The summed E-state index contributed by atoms with van der Waals surface area (Å²) in [6.07, 6.45) is 7.48. The van der Waals surface area contributed by atoms with Crippen molar-refractivity contribution < 1.29 is 20.4 Å². The molecule has 1 aliphatic rings. The minimum absolute atomic E-state index is 0.0442. The van der Waals surface area contributed by atoms with Crippen molar-refractivity contribution in [1.29, 1.82) is 0 Å². The summed E-state index contributed by atoms with van der Waals surface area (Å²) in [6, 6.07) is 12.6. The fourth-order valence-electron chi connectivity index (χ4n) is 5.75. The molecule has 0 saturated heterocycles. The monoisotopic (exact) mass is 598 g/mol. The molecule has 6 nitrogen and oxygen atoms in total. The number of aliphatic imine (C=N–C) groups is 2. The third-order valence-corrected chi connectivity index (χ3v) is 8.57. The normalized spacial score (nSPS) is 18.4. The fourth-order valence-corrected chi connectivity index (χ4v) is 5.75. The van der Waals surface area contributed by atoms with Gasteiger partial charge in [0.05, 0.1) is 12.1 Å². The van der Waals surface area contributed by atoms with Gasteiger partial charge in [-0.2, -0.15) is 0 Å². The van der Waals surface area contributed by atoms with Crippen molar-refractivity contribution in [2.75, 3.05) is 0 Å². The molecule has 1 fully saturated rings. The van der Waals surface area contributed by atoms with Gasteiger partial charge in [0.2, 0.25) is 0 Å². The first kappa shape index (κ1) is 33.1. The van der Waals surface area contributed by atoms with Crippen molar-refractivity contribution in [1.82, 2.24) is 0 Å². The van der Waals surface area contributed by atoms with Gasteiger partial charge in [-0.25, -0.2) is 0 Å². The maximum atomic E-state index is 11.3. The van der Waals surface area contributed by atoms with Gasteiger partial charge in [-0.3, -0.25) is 9.98 Å². The van der Waals surface area contributed by atoms with Crippen molar-refractivity contribution in [2.45, 2.75) is 116 Å². The molecule has 0 amide bonds. The molecule has 0 bridgehead atoms. The van der Waals surface area contributed by atoms with E-state index in [-0.39, 0.29) is 51.3 Å². The van der Waals surface area contributed by atoms with Gasteiger partial charge in [-0.1, -0.05) is 87.3 Å². The smallest absolute Gasteiger partial charge is 0.158 e. The summed E-state index contributed by atoms with van der Waals surface area (Å²) in [5.74, 6) is 0.0892. The lowest BCUT2D eigenvalue weighted by Crippen LogP contribution is -2.27. The summed E-state index contributed by atoms with van der Waals surface area (Å²) in [4.78, 5) is 9.99. The van der Waals surface area contributed by atoms with E-state index < -0.39 is 0 Å². The number of nitrogens with zero attached hydrogens (tertiary/aromatic N) is 2. The second kappa shape index (κ2) is 12.3. The standard InChI is InChI=1S/C38H50N2O4/c1-36(2,3)27-17-26(35(44)29(20-27)38(7,8)9)22-40-31-13-11-10-12-30(31)39-21-25-16-24(18-28(34(25)43)37(4,5)6)23-14-15-32(41)33(42)19-23/h14-22,30-31,41-44H,10-13H2,1-9H3/t30-,31-/m1/s1. The molecular weight excluding hydrogens is 548 g/mol. The van der Waals surface area contributed by atoms with Crippen LogP contribution in [-0.4, -0.2) is 44.9 Å². The first-order valence-electron chi connectivity index (χ1n) is 15.7. The Kier molecular flexibility index (Phi) is 9.25. The first-order valence-corrected chi connectivity index (χ1v) is 15.7. The van der Waals surface area contributed by atoms with E-state index in [4.69, 9.17) is 9.98 Å². The molecule has 0 spiro atoms. The van der Waals surface area contributed by atoms with E-state index in [1.165, 1.54) is 12.1 Å². The largest absolute Gasteiger partial charge is 0.507 e. The second-order valence-corrected chi connectivity index (χ2v) is 15.4. The number of hydrogen-bond acceptors (Lipinski definition) is 6. The van der Waals surface area contributed by atoms with Gasteiger partial charge < -0.3 is 20.4 Å². The summed E-state index contributed by atoms with van der Waals surface area (Å²) in [5, 5.41) is 42.5. The molecule has 1 saturated carbocycles. The summed E-state index contributed by atoms with van der Waals surface area (Å²) in [7, 11) is 0. The van der Waals surface area contributed by atoms with E-state index >= 15 is 0 Å². The number of phenolic OH excluding ortho intramolecular Hbond substituents is 4. The summed E-state index contributed by atoms with van der Waals surface area (Å²) in [5.41, 5.74) is 5.08. The Morgan fingerprint density at radius 3 is 1.55 bits per heavy atom. The van der Waals surface area contributed by atoms with Crippen LogP contribution in [0.4, 0.5) is 0 Å². The van der Waals surface area contributed by atoms with Crippen LogP contribution in [0.25, 0.3) is 11.1 Å². The van der Waals surface area contributed by atoms with Gasteiger partial charge in [-0.05, 0) is 76.1 Å². The molecule has 4 N–H and O–H groups in total. The molecule has 3 aromatic carbocycles. The molecule has 2 atom stereocenters. The lowest BCUT2D eigenvalue weighted by Gasteiger charge is -2.28. The predicted molar refractivity (Wildman–Crippen MR) is 182 cm³/mol. The molecule has 236 valence electrons. The van der Waals surface area contributed by atoms with Crippen molar-refractivity contribution in [3.63, 3.8) is 0 Å². The Bertz CT molecular complexity index is 1570. The average Bonchev–Trinajstić information content (AvgIpc) is 2.92. The topological polar surface area (TPSA) is 106 Å². The fraction of sp³-hybridized carbons (Fsp3) is 0.474. The maximum absolute atomic E-state index is 11.3. The van der Waals surface area contributed by atoms with Crippen LogP contribution in [0, 0.1) is 0 Å². The molecule has 0 aromatic heterocycles. The first-order chi connectivity index (χ1) is 20.4. The second-order valence-electron chi connectivity index (χ2n) is 15.4. The Balaban J connectivity index is 1.71. The highest BCUT2D eigenvalue weighted by molar-refractivity contribution is 5.88. The van der Waals surface area contributed by atoms with E-state index in [0.717, 1.165) is 59.1 Å². The number of aromatic hydroxyl groups is 4. The third kappa shape index (κ3) is 7.46. The molecule has 0 unspecified atom stereocenters. The number of hydrogen-bond donors (Lipinski definition) is 4. The van der Waals surface area contributed by atoms with Gasteiger partial charge in [0.25, 0.3) is 0 Å². The number of rotatable bonds is 5. The Labute approximate surface area is 263 Å². The Morgan fingerprint density at radius 2 is 1.07 bits per heavy atom. The molecule has 3 aromatic rings. The summed E-state index contributed by atoms with van der Waals surface area (Å²) in [6.45, 7) is 19.0. The van der Waals surface area contributed by atoms with E-state index in [0.29, 0.717) is 5.56 Å².